The molecule has 0 saturated heterocycles. The Labute approximate surface area is 155 Å². The molecule has 0 aliphatic heterocycles. The number of nitrogen functional groups attached to an aromatic ring is 1. The highest BCUT2D eigenvalue weighted by Gasteiger charge is 2.38. The van der Waals surface area contributed by atoms with Crippen LogP contribution in [0.5, 0.6) is 0 Å². The Morgan fingerprint density at radius 1 is 1.39 bits per heavy atom. The third-order valence-electron chi connectivity index (χ3n) is 4.05. The van der Waals surface area contributed by atoms with Gasteiger partial charge in [-0.05, 0) is 36.1 Å². The Hall–Kier alpha value is -3.81. The number of aryl methyl sites for hydroxylation is 1. The van der Waals surface area contributed by atoms with E-state index in [0.717, 1.165) is 40.9 Å². The second kappa shape index (κ2) is 7.07. The molecule has 11 heteroatoms. The molecule has 4 rings (SSSR count). The first-order chi connectivity index (χ1) is 13.2. The van der Waals surface area contributed by atoms with E-state index in [1.54, 1.807) is 18.5 Å². The van der Waals surface area contributed by atoms with Crippen LogP contribution in [0, 0.1) is 11.3 Å². The van der Waals surface area contributed by atoms with Crippen molar-refractivity contribution < 1.29 is 27.5 Å². The highest BCUT2D eigenvalue weighted by molar-refractivity contribution is 5.83. The summed E-state index contributed by atoms with van der Waals surface area (Å²) < 4.78 is 37.2. The predicted octanol–water partition coefficient (Wildman–Crippen LogP) is 2.92. The number of carboxylic acids is 1. The summed E-state index contributed by atoms with van der Waals surface area (Å²) in [6, 6.07) is 5.77. The zero-order valence-corrected chi connectivity index (χ0v) is 14.0. The number of alkyl halides is 3. The lowest BCUT2D eigenvalue weighted by Crippen LogP contribution is -2.21. The summed E-state index contributed by atoms with van der Waals surface area (Å²) in [7, 11) is 0. The number of aliphatic carboxylic acids is 1. The zero-order valence-electron chi connectivity index (χ0n) is 14.0. The Balaban J connectivity index is 0.000000279. The van der Waals surface area contributed by atoms with Gasteiger partial charge in [-0.2, -0.15) is 23.5 Å². The molecule has 0 unspecified atom stereocenters. The van der Waals surface area contributed by atoms with Crippen LogP contribution >= 0.6 is 0 Å². The lowest BCUT2D eigenvalue weighted by atomic mass is 9.88. The highest BCUT2D eigenvalue weighted by atomic mass is 19.4. The molecular weight excluding hydrogens is 379 g/mol. The first-order valence-corrected chi connectivity index (χ1v) is 7.83. The number of hydrogen-bond acceptors (Lipinski definition) is 6. The van der Waals surface area contributed by atoms with Crippen LogP contribution in [0.25, 0.3) is 22.7 Å². The van der Waals surface area contributed by atoms with E-state index < -0.39 is 12.1 Å². The number of halogens is 3. The smallest absolute Gasteiger partial charge is 0.475 e. The molecule has 3 aromatic rings. The van der Waals surface area contributed by atoms with Crippen molar-refractivity contribution in [3.05, 3.63) is 41.3 Å². The Kier molecular flexibility index (Phi) is 4.79. The number of nitriles is 1. The van der Waals surface area contributed by atoms with Crippen molar-refractivity contribution in [1.29, 1.82) is 5.26 Å². The zero-order chi connectivity index (χ0) is 20.5. The van der Waals surface area contributed by atoms with Crippen LogP contribution in [-0.4, -0.2) is 32.4 Å². The molecule has 0 bridgehead atoms. The summed E-state index contributed by atoms with van der Waals surface area (Å²) in [5.41, 5.74) is 10.8. The van der Waals surface area contributed by atoms with Gasteiger partial charge in [0.25, 0.3) is 0 Å². The van der Waals surface area contributed by atoms with E-state index in [0.29, 0.717) is 11.3 Å². The molecule has 8 nitrogen and oxygen atoms in total. The fourth-order valence-electron chi connectivity index (χ4n) is 2.86. The summed E-state index contributed by atoms with van der Waals surface area (Å²) in [5, 5.41) is 23.6. The van der Waals surface area contributed by atoms with Gasteiger partial charge in [-0.3, -0.25) is 5.10 Å². The minimum atomic E-state index is -5.08. The van der Waals surface area contributed by atoms with E-state index in [-0.39, 0.29) is 5.82 Å². The number of nitrogens with zero attached hydrogens (tertiary/aromatic N) is 3. The molecule has 4 N–H and O–H groups in total. The molecule has 0 radical (unpaired) electrons. The quantitative estimate of drug-likeness (QED) is 0.579. The van der Waals surface area contributed by atoms with E-state index in [9.17, 15) is 18.4 Å². The number of nitrogens with two attached hydrogens (primary N) is 1. The highest BCUT2D eigenvalue weighted by Crippen LogP contribution is 2.40. The number of aromatic amines is 1. The predicted molar refractivity (Wildman–Crippen MR) is 89.7 cm³/mol. The summed E-state index contributed by atoms with van der Waals surface area (Å²) in [6.45, 7) is 0. The van der Waals surface area contributed by atoms with E-state index in [1.807, 2.05) is 6.07 Å². The minimum Gasteiger partial charge on any atom is -0.475 e. The number of hydrogen-bond donors (Lipinski definition) is 3. The van der Waals surface area contributed by atoms with Crippen LogP contribution in [0.2, 0.25) is 0 Å². The molecule has 0 amide bonds. The molecule has 1 aliphatic carbocycles. The van der Waals surface area contributed by atoms with Gasteiger partial charge in [0.05, 0.1) is 23.8 Å². The molecule has 0 fully saturated rings. The molecule has 3 heterocycles. The number of H-pyrrole nitrogens is 1. The molecule has 0 saturated carbocycles. The van der Waals surface area contributed by atoms with Crippen molar-refractivity contribution in [2.45, 2.75) is 19.0 Å². The number of anilines is 1. The maximum Gasteiger partial charge on any atom is 0.490 e. The van der Waals surface area contributed by atoms with Gasteiger partial charge in [0.2, 0.25) is 0 Å². The van der Waals surface area contributed by atoms with Crippen molar-refractivity contribution in [3.63, 3.8) is 0 Å². The van der Waals surface area contributed by atoms with E-state index >= 15 is 0 Å². The van der Waals surface area contributed by atoms with Crippen LogP contribution < -0.4 is 5.73 Å². The first kappa shape index (κ1) is 19.0. The number of carbonyl (C=O) groups is 1. The van der Waals surface area contributed by atoms with Crippen molar-refractivity contribution in [2.75, 3.05) is 5.73 Å². The largest absolute Gasteiger partial charge is 0.490 e. The number of nitrogens with one attached hydrogen (secondary N) is 1. The van der Waals surface area contributed by atoms with Crippen LogP contribution in [0.4, 0.5) is 19.0 Å². The molecule has 0 aromatic carbocycles. The maximum atomic E-state index is 10.6. The third-order valence-corrected chi connectivity index (χ3v) is 4.05. The van der Waals surface area contributed by atoms with Gasteiger partial charge in [0.1, 0.15) is 23.2 Å². The van der Waals surface area contributed by atoms with Crippen LogP contribution in [0.1, 0.15) is 16.7 Å². The summed E-state index contributed by atoms with van der Waals surface area (Å²) in [4.78, 5) is 13.3. The van der Waals surface area contributed by atoms with E-state index in [2.05, 4.69) is 21.3 Å². The summed E-state index contributed by atoms with van der Waals surface area (Å²) in [6.07, 6.45) is -0.0618. The fourth-order valence-corrected chi connectivity index (χ4v) is 2.86. The molecule has 28 heavy (non-hydrogen) atoms. The number of rotatable bonds is 1. The number of aromatic nitrogens is 3. The van der Waals surface area contributed by atoms with Crippen molar-refractivity contribution in [2.24, 2.45) is 0 Å². The van der Waals surface area contributed by atoms with Gasteiger partial charge in [0.15, 0.2) is 0 Å². The Bertz CT molecular complexity index is 1070. The average molecular weight is 391 g/mol. The molecule has 0 atom stereocenters. The standard InChI is InChI=1S/C15H11N5O.C2HF3O2/c16-6-10-12(11-2-1-5-21-11)9-4-3-8-7-18-20-13(8)14(9)19-15(10)17;3-2(4,5)1(6)7/h1-2,5,7H,3-4H2,(H2,17,19)(H,18,20);(H,6,7). The second-order valence-electron chi connectivity index (χ2n) is 5.74. The van der Waals surface area contributed by atoms with Gasteiger partial charge >= 0.3 is 12.1 Å². The lowest BCUT2D eigenvalue weighted by Gasteiger charge is -2.19. The molecular formula is C17H12F3N5O3. The molecule has 0 spiro atoms. The summed E-state index contributed by atoms with van der Waals surface area (Å²) in [5.74, 6) is -1.91. The van der Waals surface area contributed by atoms with Gasteiger partial charge in [0, 0.05) is 5.56 Å². The van der Waals surface area contributed by atoms with E-state index in [1.165, 1.54) is 0 Å². The lowest BCUT2D eigenvalue weighted by molar-refractivity contribution is -0.192. The van der Waals surface area contributed by atoms with Gasteiger partial charge in [-0.1, -0.05) is 0 Å². The van der Waals surface area contributed by atoms with Crippen molar-refractivity contribution in [1.82, 2.24) is 15.2 Å². The Morgan fingerprint density at radius 2 is 2.11 bits per heavy atom. The fraction of sp³-hybridized carbons (Fsp3) is 0.176. The first-order valence-electron chi connectivity index (χ1n) is 7.83. The third kappa shape index (κ3) is 3.39. The van der Waals surface area contributed by atoms with Gasteiger partial charge < -0.3 is 15.3 Å². The minimum absolute atomic E-state index is 0.213. The SMILES string of the molecule is N#Cc1c(N)nc2c(c1-c1ccco1)CCc1cn[nH]c1-2.O=C(O)C(F)(F)F. The number of fused-ring (bicyclic) bond motifs is 3. The second-order valence-corrected chi connectivity index (χ2v) is 5.74. The number of pyridine rings is 1. The van der Waals surface area contributed by atoms with Gasteiger partial charge in [-0.15, -0.1) is 0 Å². The maximum absolute atomic E-state index is 10.6. The monoisotopic (exact) mass is 391 g/mol. The topological polar surface area (TPSA) is 142 Å². The van der Waals surface area contributed by atoms with Gasteiger partial charge in [-0.25, -0.2) is 9.78 Å². The van der Waals surface area contributed by atoms with Crippen LogP contribution in [0.3, 0.4) is 0 Å². The Morgan fingerprint density at radius 3 is 2.68 bits per heavy atom. The number of carboxylic acid groups (broad SMARTS) is 1. The van der Waals surface area contributed by atoms with E-state index in [4.69, 9.17) is 20.1 Å². The normalized spacial score (nSPS) is 12.2. The molecule has 3 aromatic heterocycles. The van der Waals surface area contributed by atoms with Crippen molar-refractivity contribution >= 4 is 11.8 Å². The molecule has 1 aliphatic rings. The van der Waals surface area contributed by atoms with Crippen LogP contribution in [0.15, 0.2) is 29.0 Å². The van der Waals surface area contributed by atoms with Crippen LogP contribution in [-0.2, 0) is 17.6 Å². The number of furan rings is 1. The molecule has 144 valence electrons. The van der Waals surface area contributed by atoms with Crippen molar-refractivity contribution in [3.8, 4) is 28.8 Å². The summed E-state index contributed by atoms with van der Waals surface area (Å²) >= 11 is 0. The average Bonchev–Trinajstić information content (AvgIpc) is 3.32.